The third-order valence-electron chi connectivity index (χ3n) is 1.49. The molecule has 0 saturated heterocycles. The van der Waals surface area contributed by atoms with Crippen LogP contribution >= 0.6 is 0 Å². The first-order valence-corrected chi connectivity index (χ1v) is 5.66. The Bertz CT molecular complexity index is 324. The second-order valence-corrected chi connectivity index (χ2v) is 4.63. The summed E-state index contributed by atoms with van der Waals surface area (Å²) in [5.41, 5.74) is 0. The summed E-state index contributed by atoms with van der Waals surface area (Å²) in [5, 5.41) is 0. The van der Waals surface area contributed by atoms with Crippen LogP contribution in [0.2, 0.25) is 0 Å². The van der Waals surface area contributed by atoms with Crippen LogP contribution < -0.4 is 9.18 Å². The van der Waals surface area contributed by atoms with E-state index in [0.717, 1.165) is 4.72 Å². The van der Waals surface area contributed by atoms with Crippen LogP contribution in [0.4, 0.5) is 0 Å². The summed E-state index contributed by atoms with van der Waals surface area (Å²) in [6, 6.07) is 12.2. The van der Waals surface area contributed by atoms with Gasteiger partial charge >= 0.3 is 82.9 Å². The van der Waals surface area contributed by atoms with E-state index in [4.69, 9.17) is 0 Å². The van der Waals surface area contributed by atoms with Gasteiger partial charge in [0.05, 0.1) is 0 Å². The molecule has 0 saturated carbocycles. The minimum atomic E-state index is 0.239. The standard InChI is InChI=1S/C10H8N2Se/c1-2-5-9(6-3-1)13-10-11-7-4-8-12-10/h1-8H. The summed E-state index contributed by atoms with van der Waals surface area (Å²) in [7, 11) is 0. The molecule has 2 aromatic rings. The van der Waals surface area contributed by atoms with Crippen LogP contribution in [0.1, 0.15) is 0 Å². The predicted molar refractivity (Wildman–Crippen MR) is 53.5 cm³/mol. The molecule has 64 valence electrons. The Morgan fingerprint density at radius 1 is 0.846 bits per heavy atom. The van der Waals surface area contributed by atoms with Gasteiger partial charge in [0.1, 0.15) is 0 Å². The zero-order chi connectivity index (χ0) is 8.93. The zero-order valence-electron chi connectivity index (χ0n) is 6.92. The summed E-state index contributed by atoms with van der Waals surface area (Å²) in [4.78, 5) is 8.38. The van der Waals surface area contributed by atoms with Gasteiger partial charge in [0, 0.05) is 0 Å². The van der Waals surface area contributed by atoms with Crippen molar-refractivity contribution in [3.8, 4) is 0 Å². The SMILES string of the molecule is c1ccc([Se]c2ncccn2)cc1. The van der Waals surface area contributed by atoms with Gasteiger partial charge in [-0.1, -0.05) is 0 Å². The third kappa shape index (κ3) is 2.38. The fourth-order valence-electron chi connectivity index (χ4n) is 0.932. The molecule has 1 heterocycles. The monoisotopic (exact) mass is 236 g/mol. The van der Waals surface area contributed by atoms with Gasteiger partial charge in [-0.05, 0) is 0 Å². The van der Waals surface area contributed by atoms with Crippen LogP contribution in [0.15, 0.2) is 48.8 Å². The number of nitrogens with zero attached hydrogens (tertiary/aromatic N) is 2. The van der Waals surface area contributed by atoms with E-state index in [-0.39, 0.29) is 15.0 Å². The minimum absolute atomic E-state index is 0.239. The molecule has 0 amide bonds. The van der Waals surface area contributed by atoms with Crippen molar-refractivity contribution in [2.75, 3.05) is 0 Å². The van der Waals surface area contributed by atoms with E-state index < -0.39 is 0 Å². The third-order valence-corrected chi connectivity index (χ3v) is 3.39. The average molecular weight is 235 g/mol. The van der Waals surface area contributed by atoms with Gasteiger partial charge in [0.15, 0.2) is 0 Å². The molecule has 0 aliphatic rings. The first-order chi connectivity index (χ1) is 6.45. The van der Waals surface area contributed by atoms with Gasteiger partial charge in [-0.25, -0.2) is 0 Å². The number of hydrogen-bond donors (Lipinski definition) is 0. The number of hydrogen-bond acceptors (Lipinski definition) is 2. The Morgan fingerprint density at radius 2 is 1.54 bits per heavy atom. The maximum absolute atomic E-state index is 4.19. The fraction of sp³-hybridized carbons (Fsp3) is 0. The topological polar surface area (TPSA) is 25.8 Å². The zero-order valence-corrected chi connectivity index (χ0v) is 8.63. The Morgan fingerprint density at radius 3 is 2.23 bits per heavy atom. The van der Waals surface area contributed by atoms with Gasteiger partial charge in [0.2, 0.25) is 0 Å². The van der Waals surface area contributed by atoms with E-state index >= 15 is 0 Å². The van der Waals surface area contributed by atoms with Crippen molar-refractivity contribution in [3.05, 3.63) is 48.8 Å². The molecule has 0 atom stereocenters. The van der Waals surface area contributed by atoms with Crippen LogP contribution in [0.3, 0.4) is 0 Å². The van der Waals surface area contributed by atoms with Crippen molar-refractivity contribution in [2.24, 2.45) is 0 Å². The molecule has 1 aromatic heterocycles. The second-order valence-electron chi connectivity index (χ2n) is 2.45. The van der Waals surface area contributed by atoms with Gasteiger partial charge < -0.3 is 0 Å². The summed E-state index contributed by atoms with van der Waals surface area (Å²) in [6.07, 6.45) is 3.57. The molecule has 0 N–H and O–H groups in total. The molecular formula is C10H8N2Se. The van der Waals surface area contributed by atoms with Crippen LogP contribution in [-0.2, 0) is 0 Å². The van der Waals surface area contributed by atoms with Gasteiger partial charge in [0.25, 0.3) is 0 Å². The van der Waals surface area contributed by atoms with Crippen LogP contribution in [0, 0.1) is 0 Å². The fourth-order valence-corrected chi connectivity index (χ4v) is 2.47. The molecule has 13 heavy (non-hydrogen) atoms. The molecule has 0 spiro atoms. The van der Waals surface area contributed by atoms with E-state index in [9.17, 15) is 0 Å². The van der Waals surface area contributed by atoms with Crippen LogP contribution in [-0.4, -0.2) is 24.9 Å². The second kappa shape index (κ2) is 4.17. The number of aromatic nitrogens is 2. The Kier molecular flexibility index (Phi) is 2.70. The van der Waals surface area contributed by atoms with Crippen molar-refractivity contribution < 1.29 is 0 Å². The summed E-state index contributed by atoms with van der Waals surface area (Å²) >= 11 is 0.239. The number of benzene rings is 1. The van der Waals surface area contributed by atoms with Gasteiger partial charge in [-0.3, -0.25) is 0 Å². The quantitative estimate of drug-likeness (QED) is 0.691. The normalized spacial score (nSPS) is 9.85. The van der Waals surface area contributed by atoms with E-state index in [1.807, 2.05) is 24.3 Å². The molecule has 0 fully saturated rings. The van der Waals surface area contributed by atoms with Gasteiger partial charge in [-0.15, -0.1) is 0 Å². The molecule has 2 rings (SSSR count). The molecule has 1 aromatic carbocycles. The van der Waals surface area contributed by atoms with Crippen LogP contribution in [0.5, 0.6) is 0 Å². The van der Waals surface area contributed by atoms with E-state index in [0.29, 0.717) is 0 Å². The molecule has 0 bridgehead atoms. The van der Waals surface area contributed by atoms with Gasteiger partial charge in [-0.2, -0.15) is 0 Å². The molecule has 0 aliphatic carbocycles. The first-order valence-electron chi connectivity index (χ1n) is 3.95. The molecule has 0 unspecified atom stereocenters. The summed E-state index contributed by atoms with van der Waals surface area (Å²) in [6.45, 7) is 0. The average Bonchev–Trinajstić information content (AvgIpc) is 2.21. The van der Waals surface area contributed by atoms with Crippen molar-refractivity contribution >= 4 is 24.1 Å². The Labute approximate surface area is 83.2 Å². The molecule has 0 radical (unpaired) electrons. The van der Waals surface area contributed by atoms with Crippen molar-refractivity contribution in [1.29, 1.82) is 0 Å². The molecule has 3 heteroatoms. The summed E-state index contributed by atoms with van der Waals surface area (Å²) < 4.78 is 2.24. The van der Waals surface area contributed by atoms with Crippen molar-refractivity contribution in [3.63, 3.8) is 0 Å². The molecular weight excluding hydrogens is 227 g/mol. The Hall–Kier alpha value is -1.18. The maximum atomic E-state index is 4.19. The summed E-state index contributed by atoms with van der Waals surface area (Å²) in [5.74, 6) is 0. The predicted octanol–water partition coefficient (Wildman–Crippen LogP) is 0.132. The number of rotatable bonds is 2. The Balaban J connectivity index is 2.16. The van der Waals surface area contributed by atoms with E-state index in [1.54, 1.807) is 12.4 Å². The first kappa shape index (κ1) is 8.42. The van der Waals surface area contributed by atoms with E-state index in [2.05, 4.69) is 22.1 Å². The van der Waals surface area contributed by atoms with Crippen molar-refractivity contribution in [2.45, 2.75) is 0 Å². The van der Waals surface area contributed by atoms with E-state index in [1.165, 1.54) is 4.46 Å². The van der Waals surface area contributed by atoms with Crippen LogP contribution in [0.25, 0.3) is 0 Å². The van der Waals surface area contributed by atoms with Crippen molar-refractivity contribution in [1.82, 2.24) is 9.97 Å². The molecule has 2 nitrogen and oxygen atoms in total. The molecule has 0 aliphatic heterocycles.